The summed E-state index contributed by atoms with van der Waals surface area (Å²) < 4.78 is 39.3. The van der Waals surface area contributed by atoms with Crippen LogP contribution in [0.25, 0.3) is 10.2 Å². The number of hydrogen-bond acceptors (Lipinski definition) is 3. The molecule has 0 saturated carbocycles. The Kier molecular flexibility index (Phi) is 3.68. The summed E-state index contributed by atoms with van der Waals surface area (Å²) in [5, 5.41) is 1.02. The van der Waals surface area contributed by atoms with Crippen molar-refractivity contribution in [2.45, 2.75) is 25.1 Å². The van der Waals surface area contributed by atoms with E-state index < -0.39 is 11.7 Å². The van der Waals surface area contributed by atoms with E-state index >= 15 is 0 Å². The van der Waals surface area contributed by atoms with Crippen molar-refractivity contribution in [2.24, 2.45) is 0 Å². The summed E-state index contributed by atoms with van der Waals surface area (Å²) in [7, 11) is 0. The Hall–Kier alpha value is -2.15. The second-order valence-electron chi connectivity index (χ2n) is 5.83. The van der Waals surface area contributed by atoms with E-state index in [9.17, 15) is 13.2 Å². The molecule has 1 atom stereocenters. The fraction of sp³-hybridized carbons (Fsp3) is 0.294. The molecule has 1 saturated heterocycles. The number of fused-ring (bicyclic) bond motifs is 1. The van der Waals surface area contributed by atoms with E-state index in [1.54, 1.807) is 11.3 Å². The van der Waals surface area contributed by atoms with Gasteiger partial charge in [0.05, 0.1) is 22.3 Å². The average molecular weight is 350 g/mol. The quantitative estimate of drug-likeness (QED) is 0.683. The number of nitrogens with one attached hydrogen (secondary N) is 1. The lowest BCUT2D eigenvalue weighted by atomic mass is 10.2. The molecule has 0 spiro atoms. The fourth-order valence-corrected chi connectivity index (χ4v) is 4.23. The van der Waals surface area contributed by atoms with Crippen molar-refractivity contribution in [3.05, 3.63) is 53.2 Å². The van der Waals surface area contributed by atoms with Crippen LogP contribution in [-0.4, -0.2) is 11.5 Å². The number of aromatic nitrogens is 2. The Balaban J connectivity index is 1.65. The highest BCUT2D eigenvalue weighted by Gasteiger charge is 2.37. The molecule has 3 aromatic rings. The second kappa shape index (κ2) is 5.73. The van der Waals surface area contributed by atoms with Gasteiger partial charge in [-0.05, 0) is 31.0 Å². The zero-order chi connectivity index (χ0) is 16.7. The van der Waals surface area contributed by atoms with Crippen molar-refractivity contribution in [1.82, 2.24) is 4.98 Å². The first-order valence-electron chi connectivity index (χ1n) is 7.73. The van der Waals surface area contributed by atoms with E-state index in [1.807, 2.05) is 24.3 Å². The van der Waals surface area contributed by atoms with E-state index in [-0.39, 0.29) is 6.04 Å². The molecular weight excluding hydrogens is 335 g/mol. The molecule has 0 bridgehead atoms. The first-order chi connectivity index (χ1) is 11.5. The van der Waals surface area contributed by atoms with Gasteiger partial charge in [0, 0.05) is 6.07 Å². The summed E-state index contributed by atoms with van der Waals surface area (Å²) in [4.78, 5) is 9.62. The van der Waals surface area contributed by atoms with Gasteiger partial charge in [0.15, 0.2) is 0 Å². The molecule has 1 N–H and O–H groups in total. The number of thiazole rings is 1. The zero-order valence-corrected chi connectivity index (χ0v) is 13.5. The van der Waals surface area contributed by atoms with Crippen LogP contribution < -0.4 is 9.88 Å². The highest BCUT2D eigenvalue weighted by atomic mass is 32.1. The number of halogens is 3. The van der Waals surface area contributed by atoms with Crippen LogP contribution in [0.3, 0.4) is 0 Å². The summed E-state index contributed by atoms with van der Waals surface area (Å²) in [6.45, 7) is 0.808. The average Bonchev–Trinajstić information content (AvgIpc) is 3.20. The molecule has 0 radical (unpaired) electrons. The molecule has 1 aliphatic rings. The van der Waals surface area contributed by atoms with Crippen LogP contribution in [0, 0.1) is 0 Å². The van der Waals surface area contributed by atoms with Gasteiger partial charge >= 0.3 is 6.18 Å². The Morgan fingerprint density at radius 1 is 1.17 bits per heavy atom. The van der Waals surface area contributed by atoms with Crippen molar-refractivity contribution >= 4 is 27.4 Å². The lowest BCUT2D eigenvalue weighted by Crippen LogP contribution is -2.29. The van der Waals surface area contributed by atoms with Gasteiger partial charge < -0.3 is 0 Å². The maximum atomic E-state index is 12.7. The van der Waals surface area contributed by atoms with Crippen LogP contribution in [0.2, 0.25) is 0 Å². The lowest BCUT2D eigenvalue weighted by Gasteiger charge is -2.17. The molecule has 4 rings (SSSR count). The van der Waals surface area contributed by atoms with Crippen molar-refractivity contribution in [3.8, 4) is 0 Å². The minimum Gasteiger partial charge on any atom is -0.252 e. The van der Waals surface area contributed by atoms with Gasteiger partial charge in [-0.25, -0.2) is 9.97 Å². The van der Waals surface area contributed by atoms with Crippen molar-refractivity contribution in [3.63, 3.8) is 0 Å². The molecular formula is C17H15F3N3S+. The predicted octanol–water partition coefficient (Wildman–Crippen LogP) is 4.47. The number of benzene rings is 1. The molecule has 7 heteroatoms. The maximum absolute atomic E-state index is 12.7. The molecule has 0 unspecified atom stereocenters. The monoisotopic (exact) mass is 350 g/mol. The highest BCUT2D eigenvalue weighted by molar-refractivity contribution is 7.18. The van der Waals surface area contributed by atoms with Crippen LogP contribution in [0.15, 0.2) is 42.6 Å². The van der Waals surface area contributed by atoms with E-state index in [4.69, 9.17) is 4.98 Å². The number of alkyl halides is 3. The van der Waals surface area contributed by atoms with Gasteiger partial charge in [-0.1, -0.05) is 12.1 Å². The van der Waals surface area contributed by atoms with E-state index in [1.165, 1.54) is 6.07 Å². The molecule has 0 aliphatic carbocycles. The van der Waals surface area contributed by atoms with Crippen LogP contribution in [0.5, 0.6) is 0 Å². The van der Waals surface area contributed by atoms with Gasteiger partial charge in [0.25, 0.3) is 5.82 Å². The third-order valence-electron chi connectivity index (χ3n) is 4.28. The molecule has 0 amide bonds. The number of pyridine rings is 1. The first-order valence-corrected chi connectivity index (χ1v) is 8.55. The fourth-order valence-electron chi connectivity index (χ4n) is 3.12. The molecule has 1 fully saturated rings. The molecule has 3 nitrogen and oxygen atoms in total. The van der Waals surface area contributed by atoms with Crippen molar-refractivity contribution in [2.75, 3.05) is 11.4 Å². The lowest BCUT2D eigenvalue weighted by molar-refractivity contribution is -0.367. The van der Waals surface area contributed by atoms with Gasteiger partial charge in [-0.15, -0.1) is 11.3 Å². The number of hydrogen-bond donors (Lipinski definition) is 0. The number of nitrogens with zero attached hydrogens (tertiary/aromatic N) is 2. The summed E-state index contributed by atoms with van der Waals surface area (Å²) in [5.41, 5.74) is 0.308. The predicted molar refractivity (Wildman–Crippen MR) is 86.9 cm³/mol. The number of aromatic amines is 1. The maximum Gasteiger partial charge on any atom is 0.419 e. The molecule has 1 aliphatic heterocycles. The van der Waals surface area contributed by atoms with Gasteiger partial charge in [-0.3, -0.25) is 4.90 Å². The molecule has 2 aromatic heterocycles. The third kappa shape index (κ3) is 2.73. The number of anilines is 1. The topological polar surface area (TPSA) is 30.3 Å². The smallest absolute Gasteiger partial charge is 0.252 e. The molecule has 1 aromatic carbocycles. The highest BCUT2D eigenvalue weighted by Crippen LogP contribution is 2.38. The van der Waals surface area contributed by atoms with Gasteiger partial charge in [0.1, 0.15) is 17.2 Å². The standard InChI is InChI=1S/C17H14F3N3S/c18-17(19,20)11-7-8-15(21-10-11)23-9-3-5-13(23)16-22-12-4-1-2-6-14(12)24-16/h1-2,4,6-8,10,13H,3,5,9H2/p+1/t13-/m0/s1. The van der Waals surface area contributed by atoms with Gasteiger partial charge in [0.2, 0.25) is 0 Å². The SMILES string of the molecule is FC(F)(F)c1ccc(N2CCC[C@H]2c2nc3ccccc3s2)[nH+]c1. The first kappa shape index (κ1) is 15.4. The Morgan fingerprint density at radius 3 is 2.71 bits per heavy atom. The summed E-state index contributed by atoms with van der Waals surface area (Å²) in [6.07, 6.45) is -1.35. The Bertz CT molecular complexity index is 824. The normalized spacial score (nSPS) is 18.5. The van der Waals surface area contributed by atoms with Crippen LogP contribution in [0.1, 0.15) is 29.5 Å². The minimum atomic E-state index is -4.33. The summed E-state index contributed by atoms with van der Waals surface area (Å²) in [5.74, 6) is 0.699. The molecule has 124 valence electrons. The van der Waals surface area contributed by atoms with Crippen LogP contribution >= 0.6 is 11.3 Å². The second-order valence-corrected chi connectivity index (χ2v) is 6.89. The van der Waals surface area contributed by atoms with Crippen molar-refractivity contribution < 1.29 is 18.2 Å². The zero-order valence-electron chi connectivity index (χ0n) is 12.7. The summed E-state index contributed by atoms with van der Waals surface area (Å²) >= 11 is 1.65. The Labute approximate surface area is 140 Å². The van der Waals surface area contributed by atoms with Crippen molar-refractivity contribution in [1.29, 1.82) is 0 Å². The minimum absolute atomic E-state index is 0.107. The van der Waals surface area contributed by atoms with Crippen LogP contribution in [0.4, 0.5) is 19.0 Å². The largest absolute Gasteiger partial charge is 0.419 e. The van der Waals surface area contributed by atoms with E-state index in [2.05, 4.69) is 9.88 Å². The Morgan fingerprint density at radius 2 is 2.00 bits per heavy atom. The van der Waals surface area contributed by atoms with E-state index in [0.717, 1.165) is 46.9 Å². The molecule has 3 heterocycles. The number of H-pyrrole nitrogens is 1. The summed E-state index contributed by atoms with van der Waals surface area (Å²) in [6, 6.07) is 10.7. The number of rotatable bonds is 2. The van der Waals surface area contributed by atoms with Crippen LogP contribution in [-0.2, 0) is 6.18 Å². The third-order valence-corrected chi connectivity index (χ3v) is 5.42. The van der Waals surface area contributed by atoms with E-state index in [0.29, 0.717) is 5.82 Å². The van der Waals surface area contributed by atoms with Gasteiger partial charge in [-0.2, -0.15) is 13.2 Å². The number of para-hydroxylation sites is 1. The molecule has 24 heavy (non-hydrogen) atoms.